The molecule has 13 heavy (non-hydrogen) atoms. The van der Waals surface area contributed by atoms with E-state index in [1.54, 1.807) is 19.2 Å². The summed E-state index contributed by atoms with van der Waals surface area (Å²) in [5.41, 5.74) is 0.334. The average Bonchev–Trinajstić information content (AvgIpc) is 2.18. The van der Waals surface area contributed by atoms with E-state index in [0.717, 1.165) is 0 Å². The second-order valence-electron chi connectivity index (χ2n) is 2.41. The Morgan fingerprint density at radius 3 is 2.69 bits per heavy atom. The largest absolute Gasteiger partial charge is 0.372 e. The van der Waals surface area contributed by atoms with Crippen molar-refractivity contribution in [2.45, 2.75) is 6.92 Å². The van der Waals surface area contributed by atoms with E-state index < -0.39 is 0 Å². The van der Waals surface area contributed by atoms with Crippen LogP contribution < -0.4 is 10.6 Å². The van der Waals surface area contributed by atoms with Crippen LogP contribution in [0.3, 0.4) is 0 Å². The molecule has 0 unspecified atom stereocenters. The van der Waals surface area contributed by atoms with Gasteiger partial charge < -0.3 is 10.6 Å². The molecule has 0 radical (unpaired) electrons. The zero-order valence-corrected chi connectivity index (χ0v) is 7.66. The van der Waals surface area contributed by atoms with Gasteiger partial charge in [0.1, 0.15) is 5.82 Å². The van der Waals surface area contributed by atoms with Crippen LogP contribution in [-0.4, -0.2) is 29.7 Å². The van der Waals surface area contributed by atoms with Gasteiger partial charge in [0.2, 0.25) is 0 Å². The maximum Gasteiger partial charge on any atom is 0.271 e. The van der Waals surface area contributed by atoms with Gasteiger partial charge in [0.05, 0.1) is 0 Å². The summed E-state index contributed by atoms with van der Waals surface area (Å²) >= 11 is 0. The van der Waals surface area contributed by atoms with Crippen molar-refractivity contribution in [3.8, 4) is 0 Å². The Balaban J connectivity index is 2.74. The molecule has 0 aliphatic carbocycles. The molecule has 0 atom stereocenters. The minimum absolute atomic E-state index is 0.197. The van der Waals surface area contributed by atoms with Crippen LogP contribution in [0.4, 0.5) is 5.82 Å². The van der Waals surface area contributed by atoms with Gasteiger partial charge >= 0.3 is 0 Å². The predicted octanol–water partition coefficient (Wildman–Crippen LogP) is 0.268. The number of aromatic nitrogens is 2. The molecule has 0 fully saturated rings. The smallest absolute Gasteiger partial charge is 0.271 e. The molecule has 0 bridgehead atoms. The van der Waals surface area contributed by atoms with E-state index in [2.05, 4.69) is 20.8 Å². The zero-order valence-electron chi connectivity index (χ0n) is 7.66. The molecule has 5 heteroatoms. The Hall–Kier alpha value is -1.65. The number of anilines is 1. The van der Waals surface area contributed by atoms with E-state index >= 15 is 0 Å². The van der Waals surface area contributed by atoms with Crippen LogP contribution in [0.5, 0.6) is 0 Å². The van der Waals surface area contributed by atoms with Crippen molar-refractivity contribution < 1.29 is 4.79 Å². The maximum absolute atomic E-state index is 11.2. The molecule has 0 saturated carbocycles. The molecule has 70 valence electrons. The number of carbonyl (C=O) groups is 1. The van der Waals surface area contributed by atoms with Gasteiger partial charge in [0.25, 0.3) is 5.91 Å². The van der Waals surface area contributed by atoms with Crippen molar-refractivity contribution in [2.75, 3.05) is 18.9 Å². The van der Waals surface area contributed by atoms with Gasteiger partial charge in [-0.2, -0.15) is 0 Å². The van der Waals surface area contributed by atoms with Crippen LogP contribution in [0.25, 0.3) is 0 Å². The highest BCUT2D eigenvalue weighted by molar-refractivity contribution is 5.92. The highest BCUT2D eigenvalue weighted by Gasteiger charge is 2.05. The third-order valence-corrected chi connectivity index (χ3v) is 1.49. The lowest BCUT2D eigenvalue weighted by Crippen LogP contribution is -2.24. The van der Waals surface area contributed by atoms with Crippen molar-refractivity contribution in [1.29, 1.82) is 0 Å². The summed E-state index contributed by atoms with van der Waals surface area (Å²) in [5.74, 6) is 0.450. The van der Waals surface area contributed by atoms with E-state index in [1.165, 1.54) is 0 Å². The monoisotopic (exact) mass is 180 g/mol. The highest BCUT2D eigenvalue weighted by Crippen LogP contribution is 1.99. The topological polar surface area (TPSA) is 66.9 Å². The van der Waals surface area contributed by atoms with Crippen molar-refractivity contribution in [3.05, 3.63) is 17.8 Å². The molecule has 1 amide bonds. The molecule has 1 rings (SSSR count). The minimum Gasteiger partial charge on any atom is -0.372 e. The maximum atomic E-state index is 11.2. The van der Waals surface area contributed by atoms with E-state index in [0.29, 0.717) is 18.1 Å². The summed E-state index contributed by atoms with van der Waals surface area (Å²) in [7, 11) is 1.75. The lowest BCUT2D eigenvalue weighted by atomic mass is 10.3. The van der Waals surface area contributed by atoms with E-state index in [9.17, 15) is 4.79 Å². The predicted molar refractivity (Wildman–Crippen MR) is 49.6 cm³/mol. The lowest BCUT2D eigenvalue weighted by molar-refractivity contribution is 0.0950. The number of rotatable bonds is 3. The number of carbonyl (C=O) groups excluding carboxylic acids is 1. The zero-order chi connectivity index (χ0) is 9.68. The second-order valence-corrected chi connectivity index (χ2v) is 2.41. The Labute approximate surface area is 76.6 Å². The third-order valence-electron chi connectivity index (χ3n) is 1.49. The first-order valence-electron chi connectivity index (χ1n) is 4.07. The summed E-state index contributed by atoms with van der Waals surface area (Å²) in [6, 6.07) is 3.33. The van der Waals surface area contributed by atoms with Crippen LogP contribution in [0.15, 0.2) is 12.1 Å². The van der Waals surface area contributed by atoms with Crippen molar-refractivity contribution in [1.82, 2.24) is 15.5 Å². The number of nitrogens with zero attached hydrogens (tertiary/aromatic N) is 2. The molecule has 0 aliphatic rings. The molecule has 2 N–H and O–H groups in total. The van der Waals surface area contributed by atoms with Crippen LogP contribution in [-0.2, 0) is 0 Å². The number of amides is 1. The van der Waals surface area contributed by atoms with E-state index in [4.69, 9.17) is 0 Å². The Morgan fingerprint density at radius 1 is 1.46 bits per heavy atom. The average molecular weight is 180 g/mol. The van der Waals surface area contributed by atoms with Gasteiger partial charge in [-0.05, 0) is 19.1 Å². The third kappa shape index (κ3) is 2.40. The van der Waals surface area contributed by atoms with E-state index in [-0.39, 0.29) is 5.91 Å². The quantitative estimate of drug-likeness (QED) is 0.700. The number of hydrogen-bond acceptors (Lipinski definition) is 4. The number of hydrogen-bond donors (Lipinski definition) is 2. The van der Waals surface area contributed by atoms with E-state index in [1.807, 2.05) is 6.92 Å². The molecular weight excluding hydrogens is 168 g/mol. The molecule has 1 heterocycles. The molecule has 0 aromatic carbocycles. The van der Waals surface area contributed by atoms with Gasteiger partial charge in [0, 0.05) is 13.6 Å². The first-order chi connectivity index (χ1) is 6.27. The van der Waals surface area contributed by atoms with Crippen molar-refractivity contribution in [2.24, 2.45) is 0 Å². The highest BCUT2D eigenvalue weighted by atomic mass is 16.1. The molecule has 0 spiro atoms. The summed E-state index contributed by atoms with van der Waals surface area (Å²) in [5, 5.41) is 13.0. The van der Waals surface area contributed by atoms with Gasteiger partial charge in [0.15, 0.2) is 5.69 Å². The fourth-order valence-electron chi connectivity index (χ4n) is 0.838. The van der Waals surface area contributed by atoms with Gasteiger partial charge in [-0.1, -0.05) is 0 Å². The summed E-state index contributed by atoms with van der Waals surface area (Å²) in [6.45, 7) is 2.45. The van der Waals surface area contributed by atoms with Crippen molar-refractivity contribution in [3.63, 3.8) is 0 Å². The molecule has 1 aromatic rings. The fourth-order valence-corrected chi connectivity index (χ4v) is 0.838. The van der Waals surface area contributed by atoms with Crippen LogP contribution in [0.2, 0.25) is 0 Å². The standard InChI is InChI=1S/C8H12N4O/c1-3-10-8(13)6-4-5-7(9-2)12-11-6/h4-5H,3H2,1-2H3,(H,9,12)(H,10,13). The van der Waals surface area contributed by atoms with Crippen LogP contribution in [0, 0.1) is 0 Å². The fraction of sp³-hybridized carbons (Fsp3) is 0.375. The Kier molecular flexibility index (Phi) is 3.19. The molecule has 5 nitrogen and oxygen atoms in total. The van der Waals surface area contributed by atoms with Gasteiger partial charge in [-0.15, -0.1) is 10.2 Å². The first kappa shape index (κ1) is 9.44. The summed E-state index contributed by atoms with van der Waals surface area (Å²) < 4.78 is 0. The van der Waals surface area contributed by atoms with Crippen LogP contribution >= 0.6 is 0 Å². The Morgan fingerprint density at radius 2 is 2.23 bits per heavy atom. The minimum atomic E-state index is -0.197. The van der Waals surface area contributed by atoms with Gasteiger partial charge in [-0.25, -0.2) is 0 Å². The number of nitrogens with one attached hydrogen (secondary N) is 2. The van der Waals surface area contributed by atoms with Gasteiger partial charge in [-0.3, -0.25) is 4.79 Å². The normalized spacial score (nSPS) is 9.38. The second kappa shape index (κ2) is 4.39. The van der Waals surface area contributed by atoms with Crippen molar-refractivity contribution >= 4 is 11.7 Å². The SMILES string of the molecule is CCNC(=O)c1ccc(NC)nn1. The lowest BCUT2D eigenvalue weighted by Gasteiger charge is -2.01. The Bertz CT molecular complexity index is 283. The molecule has 0 aliphatic heterocycles. The first-order valence-corrected chi connectivity index (χ1v) is 4.07. The summed E-state index contributed by atoms with van der Waals surface area (Å²) in [6.07, 6.45) is 0. The summed E-state index contributed by atoms with van der Waals surface area (Å²) in [4.78, 5) is 11.2. The van der Waals surface area contributed by atoms with Crippen LogP contribution in [0.1, 0.15) is 17.4 Å². The molecule has 0 saturated heterocycles. The molecular formula is C8H12N4O. The molecule has 1 aromatic heterocycles.